The molecule has 0 bridgehead atoms. The monoisotopic (exact) mass is 311 g/mol. The zero-order valence-corrected chi connectivity index (χ0v) is 13.6. The molecule has 0 aliphatic heterocycles. The Balaban J connectivity index is 2.11. The first-order valence-electron chi connectivity index (χ1n) is 7.61. The summed E-state index contributed by atoms with van der Waals surface area (Å²) in [7, 11) is 3.26. The second kappa shape index (κ2) is 6.30. The van der Waals surface area contributed by atoms with Gasteiger partial charge in [0.25, 0.3) is 0 Å². The normalized spacial score (nSPS) is 12.3. The number of nitrogens with two attached hydrogens (primary N) is 1. The van der Waals surface area contributed by atoms with Crippen LogP contribution in [0.1, 0.15) is 24.4 Å². The van der Waals surface area contributed by atoms with Crippen molar-refractivity contribution in [1.82, 2.24) is 9.55 Å². The minimum Gasteiger partial charge on any atom is -0.497 e. The van der Waals surface area contributed by atoms with Crippen molar-refractivity contribution in [3.8, 4) is 11.5 Å². The van der Waals surface area contributed by atoms with Crippen LogP contribution in [0.25, 0.3) is 11.0 Å². The number of hydrogen-bond donors (Lipinski definition) is 1. The lowest BCUT2D eigenvalue weighted by atomic mass is 10.1. The summed E-state index contributed by atoms with van der Waals surface area (Å²) in [5.41, 5.74) is 9.46. The van der Waals surface area contributed by atoms with Gasteiger partial charge < -0.3 is 19.8 Å². The molecule has 1 aromatic heterocycles. The molecule has 1 heterocycles. The second-order valence-electron chi connectivity index (χ2n) is 5.33. The molecule has 23 heavy (non-hydrogen) atoms. The highest BCUT2D eigenvalue weighted by Crippen LogP contribution is 2.30. The number of nitrogens with zero attached hydrogens (tertiary/aromatic N) is 2. The lowest BCUT2D eigenvalue weighted by Gasteiger charge is -2.16. The summed E-state index contributed by atoms with van der Waals surface area (Å²) in [6, 6.07) is 13.4. The van der Waals surface area contributed by atoms with Gasteiger partial charge in [0.15, 0.2) is 0 Å². The van der Waals surface area contributed by atoms with Crippen molar-refractivity contribution in [1.29, 1.82) is 0 Å². The van der Waals surface area contributed by atoms with Crippen LogP contribution in [0.15, 0.2) is 42.5 Å². The Morgan fingerprint density at radius 3 is 2.35 bits per heavy atom. The topological polar surface area (TPSA) is 62.3 Å². The molecule has 120 valence electrons. The van der Waals surface area contributed by atoms with Gasteiger partial charge in [-0.25, -0.2) is 4.98 Å². The Kier molecular flexibility index (Phi) is 4.21. The average molecular weight is 311 g/mol. The molecule has 0 saturated carbocycles. The fourth-order valence-corrected chi connectivity index (χ4v) is 2.82. The number of aryl methyl sites for hydroxylation is 1. The molecular formula is C18H21N3O2. The molecule has 2 N–H and O–H groups in total. The second-order valence-corrected chi connectivity index (χ2v) is 5.33. The Hall–Kier alpha value is -2.53. The maximum absolute atomic E-state index is 6.51. The fraction of sp³-hybridized carbons (Fsp3) is 0.278. The summed E-state index contributed by atoms with van der Waals surface area (Å²) in [5, 5.41) is 0. The van der Waals surface area contributed by atoms with Crippen molar-refractivity contribution in [3.63, 3.8) is 0 Å². The van der Waals surface area contributed by atoms with E-state index in [2.05, 4.69) is 17.6 Å². The predicted molar refractivity (Wildman–Crippen MR) is 91.0 cm³/mol. The Morgan fingerprint density at radius 2 is 1.74 bits per heavy atom. The van der Waals surface area contributed by atoms with Crippen molar-refractivity contribution in [3.05, 3.63) is 53.9 Å². The first kappa shape index (κ1) is 15.4. The molecule has 2 aromatic carbocycles. The first-order valence-corrected chi connectivity index (χ1v) is 7.61. The number of benzene rings is 2. The van der Waals surface area contributed by atoms with Gasteiger partial charge in [-0.3, -0.25) is 0 Å². The Morgan fingerprint density at radius 1 is 1.09 bits per heavy atom. The summed E-state index contributed by atoms with van der Waals surface area (Å²) in [5.74, 6) is 2.27. The lowest BCUT2D eigenvalue weighted by Crippen LogP contribution is -2.18. The highest BCUT2D eigenvalue weighted by molar-refractivity contribution is 5.76. The first-order chi connectivity index (χ1) is 11.2. The standard InChI is InChI=1S/C18H21N3O2/c1-4-21-16-8-6-5-7-15(16)20-18(21)17(19)12-9-13(22-2)11-14(10-12)23-3/h5-11,17H,4,19H2,1-3H3. The molecule has 0 saturated heterocycles. The SMILES string of the molecule is CCn1c(C(N)c2cc(OC)cc(OC)c2)nc2ccccc21. The summed E-state index contributed by atoms with van der Waals surface area (Å²) < 4.78 is 12.8. The maximum atomic E-state index is 6.51. The van der Waals surface area contributed by atoms with Gasteiger partial charge in [0.1, 0.15) is 17.3 Å². The van der Waals surface area contributed by atoms with Crippen LogP contribution in [-0.2, 0) is 6.54 Å². The minimum atomic E-state index is -0.355. The van der Waals surface area contributed by atoms with Gasteiger partial charge in [0.05, 0.1) is 31.3 Å². The molecule has 0 aliphatic rings. The van der Waals surface area contributed by atoms with E-state index in [0.717, 1.165) is 29.0 Å². The number of methoxy groups -OCH3 is 2. The van der Waals surface area contributed by atoms with E-state index in [1.165, 1.54) is 0 Å². The number of hydrogen-bond acceptors (Lipinski definition) is 4. The summed E-state index contributed by atoms with van der Waals surface area (Å²) in [4.78, 5) is 4.73. The third kappa shape index (κ3) is 2.75. The van der Waals surface area contributed by atoms with Crippen molar-refractivity contribution in [2.75, 3.05) is 14.2 Å². The molecule has 3 aromatic rings. The molecule has 0 spiro atoms. The van der Waals surface area contributed by atoms with E-state index in [4.69, 9.17) is 20.2 Å². The fourth-order valence-electron chi connectivity index (χ4n) is 2.82. The van der Waals surface area contributed by atoms with E-state index in [1.54, 1.807) is 14.2 Å². The van der Waals surface area contributed by atoms with Crippen LogP contribution in [0.2, 0.25) is 0 Å². The van der Waals surface area contributed by atoms with Crippen LogP contribution in [0.5, 0.6) is 11.5 Å². The Bertz CT molecular complexity index is 804. The number of ether oxygens (including phenoxy) is 2. The van der Waals surface area contributed by atoms with Gasteiger partial charge >= 0.3 is 0 Å². The summed E-state index contributed by atoms with van der Waals surface area (Å²) in [6.07, 6.45) is 0. The zero-order valence-electron chi connectivity index (χ0n) is 13.6. The molecule has 5 heteroatoms. The van der Waals surface area contributed by atoms with Gasteiger partial charge in [0, 0.05) is 12.6 Å². The van der Waals surface area contributed by atoms with Gasteiger partial charge in [-0.15, -0.1) is 0 Å². The largest absolute Gasteiger partial charge is 0.497 e. The lowest BCUT2D eigenvalue weighted by molar-refractivity contribution is 0.393. The van der Waals surface area contributed by atoms with Gasteiger partial charge in [-0.05, 0) is 36.8 Å². The summed E-state index contributed by atoms with van der Waals surface area (Å²) >= 11 is 0. The number of imidazole rings is 1. The highest BCUT2D eigenvalue weighted by atomic mass is 16.5. The quantitative estimate of drug-likeness (QED) is 0.786. The van der Waals surface area contributed by atoms with E-state index in [1.807, 2.05) is 36.4 Å². The van der Waals surface area contributed by atoms with Crippen molar-refractivity contribution in [2.24, 2.45) is 5.73 Å². The molecule has 0 aliphatic carbocycles. The molecule has 0 fully saturated rings. The van der Waals surface area contributed by atoms with Crippen molar-refractivity contribution in [2.45, 2.75) is 19.5 Å². The maximum Gasteiger partial charge on any atom is 0.131 e. The minimum absolute atomic E-state index is 0.355. The van der Waals surface area contributed by atoms with Gasteiger partial charge in [-0.2, -0.15) is 0 Å². The predicted octanol–water partition coefficient (Wildman–Crippen LogP) is 3.12. The third-order valence-electron chi connectivity index (χ3n) is 4.01. The third-order valence-corrected chi connectivity index (χ3v) is 4.01. The number of fused-ring (bicyclic) bond motifs is 1. The molecular weight excluding hydrogens is 290 g/mol. The molecule has 5 nitrogen and oxygen atoms in total. The molecule has 0 radical (unpaired) electrons. The number of aromatic nitrogens is 2. The van der Waals surface area contributed by atoms with E-state index in [0.29, 0.717) is 11.5 Å². The van der Waals surface area contributed by atoms with Gasteiger partial charge in [-0.1, -0.05) is 12.1 Å². The van der Waals surface area contributed by atoms with Crippen LogP contribution in [0.4, 0.5) is 0 Å². The highest BCUT2D eigenvalue weighted by Gasteiger charge is 2.19. The molecule has 1 atom stereocenters. The smallest absolute Gasteiger partial charge is 0.131 e. The van der Waals surface area contributed by atoms with Crippen LogP contribution < -0.4 is 15.2 Å². The number of rotatable bonds is 5. The van der Waals surface area contributed by atoms with Crippen molar-refractivity contribution < 1.29 is 9.47 Å². The van der Waals surface area contributed by atoms with Gasteiger partial charge in [0.2, 0.25) is 0 Å². The molecule has 3 rings (SSSR count). The van der Waals surface area contributed by atoms with Crippen LogP contribution >= 0.6 is 0 Å². The van der Waals surface area contributed by atoms with Crippen LogP contribution in [0.3, 0.4) is 0 Å². The summed E-state index contributed by atoms with van der Waals surface area (Å²) in [6.45, 7) is 2.90. The van der Waals surface area contributed by atoms with E-state index < -0.39 is 0 Å². The van der Waals surface area contributed by atoms with Crippen LogP contribution in [0, 0.1) is 0 Å². The zero-order chi connectivity index (χ0) is 16.4. The number of para-hydroxylation sites is 2. The average Bonchev–Trinajstić information content (AvgIpc) is 2.98. The van der Waals surface area contributed by atoms with E-state index >= 15 is 0 Å². The molecule has 1 unspecified atom stereocenters. The van der Waals surface area contributed by atoms with Crippen molar-refractivity contribution >= 4 is 11.0 Å². The van der Waals surface area contributed by atoms with E-state index in [9.17, 15) is 0 Å². The Labute approximate surface area is 135 Å². The van der Waals surface area contributed by atoms with Crippen LogP contribution in [-0.4, -0.2) is 23.8 Å². The van der Waals surface area contributed by atoms with E-state index in [-0.39, 0.29) is 6.04 Å². The molecule has 0 amide bonds.